The number of hydrogen-bond acceptors (Lipinski definition) is 6. The molecule has 10 heteroatoms. The maximum Gasteiger partial charge on any atom is 0.199 e. The van der Waals surface area contributed by atoms with Crippen LogP contribution in [-0.2, 0) is 42.0 Å². The smallest absolute Gasteiger partial charge is 0.199 e. The predicted molar refractivity (Wildman–Crippen MR) is 435 cm³/mol. The van der Waals surface area contributed by atoms with Gasteiger partial charge in [-0.15, -0.1) is 0 Å². The molecule has 12 rings (SSSR count). The van der Waals surface area contributed by atoms with Gasteiger partial charge in [0.1, 0.15) is 23.1 Å². The Morgan fingerprint density at radius 3 is 0.943 bits per heavy atom. The zero-order valence-corrected chi connectivity index (χ0v) is 68.0. The van der Waals surface area contributed by atoms with Gasteiger partial charge >= 0.3 is 0 Å². The monoisotopic (exact) mass is 1420 g/mol. The molecule has 2 unspecified atom stereocenters. The van der Waals surface area contributed by atoms with Crippen LogP contribution in [0.5, 0.6) is 23.0 Å². The highest BCUT2D eigenvalue weighted by Gasteiger charge is 2.37. The second-order valence-corrected chi connectivity index (χ2v) is 38.7. The van der Waals surface area contributed by atoms with E-state index in [4.69, 9.17) is 28.4 Å². The molecule has 2 aliphatic heterocycles. The van der Waals surface area contributed by atoms with Gasteiger partial charge in [-0.2, -0.15) is 0 Å². The largest absolute Gasteiger partial charge is 0.493 e. The summed E-state index contributed by atoms with van der Waals surface area (Å²) in [6.07, 6.45) is 6.27. The van der Waals surface area contributed by atoms with Crippen LogP contribution in [0.25, 0.3) is 77.2 Å². The maximum atomic E-state index is 16.9. The van der Waals surface area contributed by atoms with Crippen molar-refractivity contribution in [3.63, 3.8) is 0 Å². The molecule has 560 valence electrons. The molecule has 2 aromatic heterocycles. The second kappa shape index (κ2) is 28.5. The molecular weight excluding hydrogens is 1300 g/mol. The lowest BCUT2D eigenvalue weighted by molar-refractivity contribution is -0.105. The van der Waals surface area contributed by atoms with Gasteiger partial charge in [0.05, 0.1) is 59.9 Å². The van der Waals surface area contributed by atoms with Gasteiger partial charge in [0.25, 0.3) is 0 Å². The van der Waals surface area contributed by atoms with Crippen LogP contribution in [0.15, 0.2) is 121 Å². The lowest BCUT2D eigenvalue weighted by Crippen LogP contribution is -2.27. The third-order valence-electron chi connectivity index (χ3n) is 21.7. The first kappa shape index (κ1) is 77.0. The van der Waals surface area contributed by atoms with Crippen molar-refractivity contribution in [1.29, 1.82) is 0 Å². The van der Waals surface area contributed by atoms with Gasteiger partial charge in [-0.1, -0.05) is 201 Å². The minimum Gasteiger partial charge on any atom is -0.493 e. The predicted octanol–water partition coefficient (Wildman–Crippen LogP) is 26.4. The molecule has 0 bridgehead atoms. The molecule has 8 nitrogen and oxygen atoms in total. The fourth-order valence-electron chi connectivity index (χ4n) is 16.8. The van der Waals surface area contributed by atoms with Crippen LogP contribution in [0.3, 0.4) is 0 Å². The molecule has 0 radical (unpaired) electrons. The topological polar surface area (TPSA) is 65.2 Å². The van der Waals surface area contributed by atoms with Gasteiger partial charge in [-0.3, -0.25) is 0 Å². The molecule has 0 N–H and O–H groups in total. The summed E-state index contributed by atoms with van der Waals surface area (Å²) in [5.41, 5.74) is 15.5. The maximum absolute atomic E-state index is 16.9. The van der Waals surface area contributed by atoms with Crippen LogP contribution in [-0.4, -0.2) is 48.1 Å². The normalized spacial score (nSPS) is 16.3. The van der Waals surface area contributed by atoms with Gasteiger partial charge in [0.15, 0.2) is 24.1 Å². The summed E-state index contributed by atoms with van der Waals surface area (Å²) in [5.74, 6) is 1.55. The first-order valence-corrected chi connectivity index (χ1v) is 38.9. The molecule has 0 amide bonds. The van der Waals surface area contributed by atoms with Crippen molar-refractivity contribution in [2.45, 2.75) is 269 Å². The number of nitrogens with zero attached hydrogens (tertiary/aromatic N) is 2. The molecular formula is C95H120F2N2O6. The summed E-state index contributed by atoms with van der Waals surface area (Å²) in [6, 6.07) is 43.2. The standard InChI is InChI=1S/C95H120F2N2O6/c1-58-44-66(96)54-74(72-46-64(94(21,22)56-88(3,4)5)52-80(86(72)104-82-30-25-27-40-100-82)98-76-48-60(90(9,10)11)32-36-68(76)69-37-33-61(49-77(69)98)91(12,13)14)84(58)102-42-29-43-103-85-59(2)45-67(97)55-75(85)73-47-65(95(23,24)57-89(6,7)8)53-81(87(73)105-83-31-26-28-41-101-83)99-78-50-62(92(15,16)17)34-38-70(78)71-39-35-63(51-79(71)99)93(18,19)20/h32-39,44-55,82-83H,25-31,40-43,56-57H2,1-24H3. The van der Waals surface area contributed by atoms with Crippen molar-refractivity contribution in [2.75, 3.05) is 26.4 Å². The number of aromatic nitrogens is 2. The molecule has 2 fully saturated rings. The highest BCUT2D eigenvalue weighted by atomic mass is 19.1. The van der Waals surface area contributed by atoms with E-state index in [2.05, 4.69) is 259 Å². The third kappa shape index (κ3) is 16.4. The molecule has 2 aliphatic rings. The van der Waals surface area contributed by atoms with Crippen LogP contribution in [0.2, 0.25) is 0 Å². The van der Waals surface area contributed by atoms with E-state index in [1.807, 2.05) is 13.8 Å². The summed E-state index contributed by atoms with van der Waals surface area (Å²) in [7, 11) is 0. The summed E-state index contributed by atoms with van der Waals surface area (Å²) < 4.78 is 81.0. The Hall–Kier alpha value is -7.66. The van der Waals surface area contributed by atoms with Crippen molar-refractivity contribution >= 4 is 43.6 Å². The average Bonchev–Trinajstić information content (AvgIpc) is 1.60. The SMILES string of the molecule is Cc1cc(F)cc(-c2cc(C(C)(C)CC(C)(C)C)cc(-n3c4cc(C(C)(C)C)ccc4c4ccc(C(C)(C)C)cc43)c2OC2CCCCO2)c1OCCCOc1c(C)cc(F)cc1-c1cc(C(C)(C)CC(C)(C)C)cc(-n2c3cc(C(C)(C)C)ccc3c3ccc(C(C)(C)C)cc32)c1OC1CCCCO1. The molecule has 105 heavy (non-hydrogen) atoms. The van der Waals surface area contributed by atoms with Gasteiger partial charge < -0.3 is 37.6 Å². The molecule has 0 saturated carbocycles. The van der Waals surface area contributed by atoms with Gasteiger partial charge in [0, 0.05) is 63.1 Å². The second-order valence-electron chi connectivity index (χ2n) is 38.7. The van der Waals surface area contributed by atoms with E-state index in [1.54, 1.807) is 24.3 Å². The third-order valence-corrected chi connectivity index (χ3v) is 21.7. The Kier molecular flexibility index (Phi) is 20.9. The molecule has 2 atom stereocenters. The van der Waals surface area contributed by atoms with Crippen LogP contribution in [0.1, 0.15) is 255 Å². The summed E-state index contributed by atoms with van der Waals surface area (Å²) in [6.45, 7) is 55.8. The minimum atomic E-state index is -0.548. The minimum absolute atomic E-state index is 0.0408. The number of fused-ring (bicyclic) bond motifs is 6. The molecule has 8 aromatic carbocycles. The first-order valence-electron chi connectivity index (χ1n) is 38.9. The van der Waals surface area contributed by atoms with E-state index in [0.29, 0.717) is 77.7 Å². The Balaban J connectivity index is 1.01. The van der Waals surface area contributed by atoms with E-state index >= 15 is 8.78 Å². The summed E-state index contributed by atoms with van der Waals surface area (Å²) >= 11 is 0. The van der Waals surface area contributed by atoms with Gasteiger partial charge in [-0.05, 0) is 213 Å². The fraction of sp³-hybridized carbons (Fsp3) is 0.495. The van der Waals surface area contributed by atoms with Crippen molar-refractivity contribution in [2.24, 2.45) is 10.8 Å². The number of ether oxygens (including phenoxy) is 6. The van der Waals surface area contributed by atoms with Crippen LogP contribution in [0, 0.1) is 36.3 Å². The Bertz CT molecular complexity index is 4440. The average molecular weight is 1420 g/mol. The number of rotatable bonds is 18. The Labute approximate surface area is 626 Å². The molecule has 2 saturated heterocycles. The van der Waals surface area contributed by atoms with Crippen molar-refractivity contribution in [3.05, 3.63) is 177 Å². The summed E-state index contributed by atoms with van der Waals surface area (Å²) in [5, 5.41) is 4.56. The van der Waals surface area contributed by atoms with Crippen molar-refractivity contribution in [1.82, 2.24) is 9.13 Å². The van der Waals surface area contributed by atoms with Crippen LogP contribution < -0.4 is 18.9 Å². The van der Waals surface area contributed by atoms with E-state index in [1.165, 1.54) is 22.3 Å². The molecule has 0 spiro atoms. The Morgan fingerprint density at radius 1 is 0.362 bits per heavy atom. The zero-order chi connectivity index (χ0) is 76.1. The number of aryl methyl sites for hydroxylation is 2. The highest BCUT2D eigenvalue weighted by Crippen LogP contribution is 2.53. The van der Waals surface area contributed by atoms with E-state index in [-0.39, 0.29) is 68.2 Å². The van der Waals surface area contributed by atoms with Crippen molar-refractivity contribution in [3.8, 4) is 56.6 Å². The lowest BCUT2D eigenvalue weighted by atomic mass is 9.71. The molecule has 0 aliphatic carbocycles. The quantitative estimate of drug-likeness (QED) is 0.0798. The Morgan fingerprint density at radius 2 is 0.667 bits per heavy atom. The highest BCUT2D eigenvalue weighted by molar-refractivity contribution is 6.11. The van der Waals surface area contributed by atoms with Crippen LogP contribution in [0.4, 0.5) is 8.78 Å². The lowest BCUT2D eigenvalue weighted by Gasteiger charge is -2.35. The number of halogens is 2. The zero-order valence-electron chi connectivity index (χ0n) is 68.0. The molecule has 10 aromatic rings. The van der Waals surface area contributed by atoms with E-state index in [9.17, 15) is 0 Å². The van der Waals surface area contributed by atoms with E-state index < -0.39 is 12.6 Å². The van der Waals surface area contributed by atoms with Crippen LogP contribution >= 0.6 is 0 Å². The van der Waals surface area contributed by atoms with Gasteiger partial charge in [-0.25, -0.2) is 8.78 Å². The molecule has 4 heterocycles. The fourth-order valence-corrected chi connectivity index (χ4v) is 16.8. The number of benzene rings is 8. The number of hydrogen-bond donors (Lipinski definition) is 0. The van der Waals surface area contributed by atoms with Gasteiger partial charge in [0.2, 0.25) is 0 Å². The first-order chi connectivity index (χ1) is 48.9. The van der Waals surface area contributed by atoms with Crippen molar-refractivity contribution < 1.29 is 37.2 Å². The van der Waals surface area contributed by atoms with E-state index in [0.717, 1.165) is 116 Å². The summed E-state index contributed by atoms with van der Waals surface area (Å²) in [4.78, 5) is 0.